The zero-order valence-corrected chi connectivity index (χ0v) is 48.7. The number of piperazine rings is 2. The van der Waals surface area contributed by atoms with Gasteiger partial charge in [-0.25, -0.2) is 19.3 Å². The van der Waals surface area contributed by atoms with Crippen molar-refractivity contribution < 1.29 is 9.59 Å². The average molecular weight is 1080 g/mol. The Morgan fingerprint density at radius 3 is 1.62 bits per heavy atom. The first-order valence-electron chi connectivity index (χ1n) is 28.6. The van der Waals surface area contributed by atoms with Crippen LogP contribution in [0, 0.1) is 19.8 Å². The number of nitrogens with one attached hydrogen (secondary N) is 2. The van der Waals surface area contributed by atoms with E-state index in [0.29, 0.717) is 37.0 Å². The van der Waals surface area contributed by atoms with Crippen molar-refractivity contribution >= 4 is 34.6 Å². The van der Waals surface area contributed by atoms with Gasteiger partial charge in [0, 0.05) is 98.9 Å². The van der Waals surface area contributed by atoms with Gasteiger partial charge in [0.15, 0.2) is 17.5 Å². The van der Waals surface area contributed by atoms with Crippen molar-refractivity contribution in [3.63, 3.8) is 0 Å². The second-order valence-corrected chi connectivity index (χ2v) is 23.5. The van der Waals surface area contributed by atoms with Crippen LogP contribution in [0.1, 0.15) is 116 Å². The third-order valence-electron chi connectivity index (χ3n) is 16.7. The maximum atomic E-state index is 13.6. The van der Waals surface area contributed by atoms with Gasteiger partial charge in [0.1, 0.15) is 0 Å². The fraction of sp³-hybridized carbons (Fsp3) is 0.469. The molecule has 0 radical (unpaired) electrons. The minimum Gasteiger partial charge on any atom is -0.359 e. The average Bonchev–Trinajstić information content (AvgIpc) is 4.36. The first-order valence-corrected chi connectivity index (χ1v) is 28.6. The summed E-state index contributed by atoms with van der Waals surface area (Å²) in [5.41, 5.74) is 12.3. The van der Waals surface area contributed by atoms with Gasteiger partial charge < -0.3 is 35.1 Å². The summed E-state index contributed by atoms with van der Waals surface area (Å²) in [4.78, 5) is 50.1. The third kappa shape index (κ3) is 11.4. The van der Waals surface area contributed by atoms with E-state index in [1.165, 1.54) is 42.6 Å². The third-order valence-corrected chi connectivity index (χ3v) is 16.7. The van der Waals surface area contributed by atoms with Crippen LogP contribution in [0.4, 0.5) is 22.7 Å². The molecule has 80 heavy (non-hydrogen) atoms. The Labute approximate surface area is 475 Å². The normalized spacial score (nSPS) is 22.5. The minimum absolute atomic E-state index is 0. The van der Waals surface area contributed by atoms with Crippen LogP contribution in [0.2, 0.25) is 0 Å². The highest BCUT2D eigenvalue weighted by atomic mass is 16.2. The number of amides is 2. The number of nitrogens with zero attached hydrogens (tertiary/aromatic N) is 12. The first kappa shape index (κ1) is 57.5. The number of likely N-dealkylation sites (N-methyl/N-ethyl adjacent to an activating group) is 2. The number of benzene rings is 4. The predicted molar refractivity (Wildman–Crippen MR) is 326 cm³/mol. The van der Waals surface area contributed by atoms with Crippen molar-refractivity contribution in [3.05, 3.63) is 132 Å². The smallest absolute Gasteiger partial charge is 0.293 e. The van der Waals surface area contributed by atoms with Crippen molar-refractivity contribution in [2.24, 2.45) is 5.92 Å². The highest BCUT2D eigenvalue weighted by Crippen LogP contribution is 2.45. The van der Waals surface area contributed by atoms with Crippen molar-refractivity contribution in [1.82, 2.24) is 50.0 Å². The molecule has 2 saturated heterocycles. The highest BCUT2D eigenvalue weighted by molar-refractivity contribution is 6.02. The number of rotatable bonds is 9. The van der Waals surface area contributed by atoms with Crippen LogP contribution < -0.4 is 30.2 Å². The van der Waals surface area contributed by atoms with E-state index in [1.54, 1.807) is 4.68 Å². The number of anilines is 4. The molecule has 0 bridgehead atoms. The number of carbonyl (C=O) groups is 2. The number of hydrogen-bond acceptors (Lipinski definition) is 12. The maximum absolute atomic E-state index is 13.6. The van der Waals surface area contributed by atoms with Crippen LogP contribution in [0.25, 0.3) is 34.2 Å². The Morgan fingerprint density at radius 2 is 1.09 bits per heavy atom. The molecule has 1 aliphatic carbocycles. The fourth-order valence-electron chi connectivity index (χ4n) is 12.5. The molecule has 11 rings (SSSR count). The molecule has 4 aromatic carbocycles. The topological polar surface area (TPSA) is 139 Å². The lowest BCUT2D eigenvalue weighted by molar-refractivity contribution is -0.121. The lowest BCUT2D eigenvalue weighted by Crippen LogP contribution is -2.56. The molecule has 16 nitrogen and oxygen atoms in total. The molecule has 2 amide bonds. The largest absolute Gasteiger partial charge is 0.359 e. The second-order valence-electron chi connectivity index (χ2n) is 23.5. The lowest BCUT2D eigenvalue weighted by atomic mass is 9.99. The zero-order chi connectivity index (χ0) is 56.1. The minimum atomic E-state index is -0.202. The van der Waals surface area contributed by atoms with Crippen LogP contribution in [-0.4, -0.2) is 134 Å². The molecule has 424 valence electrons. The molecule has 2 N–H and O–H groups in total. The molecule has 0 unspecified atom stereocenters. The summed E-state index contributed by atoms with van der Waals surface area (Å²) in [6.45, 7) is 33.6. The van der Waals surface area contributed by atoms with Crippen molar-refractivity contribution in [3.8, 4) is 34.2 Å². The zero-order valence-electron chi connectivity index (χ0n) is 48.7. The van der Waals surface area contributed by atoms with Crippen LogP contribution in [-0.2, 0) is 11.3 Å². The Bertz CT molecular complexity index is 3210. The Morgan fingerprint density at radius 1 is 0.613 bits per heavy atom. The molecule has 4 aliphatic heterocycles. The van der Waals surface area contributed by atoms with E-state index in [-0.39, 0.29) is 55.2 Å². The standard InChI is InChI=1S/C32H43N7.C31H39N7O2.CH4/c1-21-11-14-28(15-12-21)39-32(34-31(35-39)20-37-18-22(2)33-23(3)19-37)26-13-16-29-30(17-26)38(27-9-7-8-10-27)25(5)24(4)36(29)6;1-18(2)30(39)37-23(7)22(6)35(8)26-14-11-24(15-27(26)37)29-33-28(31(40)36-16-20(4)32-21(5)17-36)34-38(29)25-12-9-19(3)10-13-25;/h11-17,22-23,25,27,33H,4,7-10,18-20H2,1-3,5-6H3;9-15,18,20-21,23,32H,6,16-17H2,1-5,7-8H3;1H4/t22-,23+,25-;20-,21+,23-;/m11./s1. The van der Waals surface area contributed by atoms with Gasteiger partial charge in [0.2, 0.25) is 11.7 Å². The van der Waals surface area contributed by atoms with Gasteiger partial charge in [0.25, 0.3) is 5.91 Å². The van der Waals surface area contributed by atoms with Gasteiger partial charge in [0.05, 0.1) is 52.8 Å². The molecule has 5 aliphatic rings. The van der Waals surface area contributed by atoms with Gasteiger partial charge in [-0.2, -0.15) is 0 Å². The van der Waals surface area contributed by atoms with Crippen LogP contribution in [0.5, 0.6) is 0 Å². The highest BCUT2D eigenvalue weighted by Gasteiger charge is 2.38. The molecule has 6 aromatic rings. The Balaban J connectivity index is 0.000000191. The quantitative estimate of drug-likeness (QED) is 0.142. The molecule has 16 heteroatoms. The van der Waals surface area contributed by atoms with E-state index in [2.05, 4.69) is 130 Å². The van der Waals surface area contributed by atoms with E-state index >= 15 is 0 Å². The summed E-state index contributed by atoms with van der Waals surface area (Å²) in [6, 6.07) is 31.2. The van der Waals surface area contributed by atoms with Gasteiger partial charge in [-0.3, -0.25) is 14.5 Å². The molecule has 6 atom stereocenters. The summed E-state index contributed by atoms with van der Waals surface area (Å²) >= 11 is 0. The summed E-state index contributed by atoms with van der Waals surface area (Å²) in [5.74, 6) is 2.13. The van der Waals surface area contributed by atoms with Gasteiger partial charge >= 0.3 is 0 Å². The first-order chi connectivity index (χ1) is 37.7. The molecule has 0 spiro atoms. The SMILES string of the molecule is C.C=C1[C@@H](C)N(C(=O)C(C)C)c2cc(-c3nc(C(=O)N4C[C@@H](C)N[C@@H](C)C4)nn3-c3ccc(C)cc3)ccc2N1C.C=C1[C@@H](C)N(C2CCCC2)c2cc(-c3nc(CN4C[C@@H](C)N[C@@H](C)C4)nn3-c3ccc(C)cc3)ccc2N1C. The van der Waals surface area contributed by atoms with Crippen LogP contribution in [0.3, 0.4) is 0 Å². The van der Waals surface area contributed by atoms with E-state index in [1.807, 2.05) is 96.6 Å². The lowest BCUT2D eigenvalue weighted by Gasteiger charge is -2.46. The van der Waals surface area contributed by atoms with Crippen molar-refractivity contribution in [2.45, 2.75) is 151 Å². The summed E-state index contributed by atoms with van der Waals surface area (Å²) < 4.78 is 3.77. The molecule has 3 fully saturated rings. The van der Waals surface area contributed by atoms with E-state index in [9.17, 15) is 9.59 Å². The van der Waals surface area contributed by atoms with Crippen LogP contribution >= 0.6 is 0 Å². The molecular formula is C64H86N14O2. The Hall–Kier alpha value is -7.14. The van der Waals surface area contributed by atoms with Crippen molar-refractivity contribution in [1.29, 1.82) is 0 Å². The van der Waals surface area contributed by atoms with Gasteiger partial charge in [-0.15, -0.1) is 10.2 Å². The van der Waals surface area contributed by atoms with Gasteiger partial charge in [-0.05, 0) is 129 Å². The molecule has 1 saturated carbocycles. The van der Waals surface area contributed by atoms with Gasteiger partial charge in [-0.1, -0.05) is 82.7 Å². The number of fused-ring (bicyclic) bond motifs is 2. The van der Waals surface area contributed by atoms with Crippen LogP contribution in [0.15, 0.2) is 109 Å². The molecule has 6 heterocycles. The summed E-state index contributed by atoms with van der Waals surface area (Å²) in [5, 5.41) is 16.9. The Kier molecular flexibility index (Phi) is 16.9. The van der Waals surface area contributed by atoms with Crippen molar-refractivity contribution in [2.75, 3.05) is 59.9 Å². The maximum Gasteiger partial charge on any atom is 0.293 e. The summed E-state index contributed by atoms with van der Waals surface area (Å²) in [6.07, 6.45) is 5.10. The monoisotopic (exact) mass is 1080 g/mol. The predicted octanol–water partition coefficient (Wildman–Crippen LogP) is 10.6. The van der Waals surface area contributed by atoms with E-state index in [4.69, 9.17) is 20.2 Å². The second kappa shape index (κ2) is 23.5. The summed E-state index contributed by atoms with van der Waals surface area (Å²) in [7, 11) is 4.11. The number of carbonyl (C=O) groups excluding carboxylic acids is 2. The molecular weight excluding hydrogens is 997 g/mol. The van der Waals surface area contributed by atoms with E-state index in [0.717, 1.165) is 82.1 Å². The molecule has 2 aromatic heterocycles. The number of hydrogen-bond donors (Lipinski definition) is 2. The number of aryl methyl sites for hydroxylation is 2. The van der Waals surface area contributed by atoms with E-state index < -0.39 is 0 Å². The fourth-order valence-corrected chi connectivity index (χ4v) is 12.5. The number of aromatic nitrogens is 6.